The number of aryl methyl sites for hydroxylation is 1. The molecule has 0 aliphatic rings. The molecule has 0 bridgehead atoms. The first-order valence-corrected chi connectivity index (χ1v) is 6.15. The molecule has 5 heteroatoms. The van der Waals surface area contributed by atoms with E-state index in [1.165, 1.54) is 12.1 Å². The lowest BCUT2D eigenvalue weighted by Crippen LogP contribution is -2.08. The van der Waals surface area contributed by atoms with Crippen molar-refractivity contribution in [3.05, 3.63) is 48.2 Å². The van der Waals surface area contributed by atoms with Gasteiger partial charge >= 0.3 is 0 Å². The standard InChI is InChI=1S/C14H16FN3O/c1-11-9-16-10-14(18-11)17-7-2-8-19-13-5-3-12(15)4-6-13/h3-6,9-10H,2,7-8H2,1H3,(H,17,18). The second-order valence-corrected chi connectivity index (χ2v) is 4.13. The molecule has 2 rings (SSSR count). The maximum absolute atomic E-state index is 12.7. The van der Waals surface area contributed by atoms with Gasteiger partial charge < -0.3 is 10.1 Å². The summed E-state index contributed by atoms with van der Waals surface area (Å²) in [5, 5.41) is 3.17. The van der Waals surface area contributed by atoms with Crippen molar-refractivity contribution in [1.29, 1.82) is 0 Å². The molecule has 0 aliphatic heterocycles. The van der Waals surface area contributed by atoms with Crippen molar-refractivity contribution >= 4 is 5.82 Å². The van der Waals surface area contributed by atoms with E-state index in [4.69, 9.17) is 4.74 Å². The van der Waals surface area contributed by atoms with Gasteiger partial charge in [-0.2, -0.15) is 0 Å². The van der Waals surface area contributed by atoms with E-state index in [1.54, 1.807) is 24.5 Å². The van der Waals surface area contributed by atoms with Crippen LogP contribution in [0.1, 0.15) is 12.1 Å². The molecule has 0 amide bonds. The Bertz CT molecular complexity index is 516. The number of halogens is 1. The molecule has 100 valence electrons. The Kier molecular flexibility index (Phi) is 4.66. The number of nitrogens with one attached hydrogen (secondary N) is 1. The number of nitrogens with zero attached hydrogens (tertiary/aromatic N) is 2. The molecule has 1 heterocycles. The van der Waals surface area contributed by atoms with Gasteiger partial charge in [0.25, 0.3) is 0 Å². The van der Waals surface area contributed by atoms with Crippen molar-refractivity contribution in [3.8, 4) is 5.75 Å². The van der Waals surface area contributed by atoms with Crippen LogP contribution in [0.2, 0.25) is 0 Å². The molecule has 0 aliphatic carbocycles. The van der Waals surface area contributed by atoms with Gasteiger partial charge in [0.1, 0.15) is 17.4 Å². The highest BCUT2D eigenvalue weighted by Crippen LogP contribution is 2.11. The molecule has 1 N–H and O–H groups in total. The molecule has 0 spiro atoms. The highest BCUT2D eigenvalue weighted by atomic mass is 19.1. The third kappa shape index (κ3) is 4.54. The van der Waals surface area contributed by atoms with Gasteiger partial charge in [-0.3, -0.25) is 4.98 Å². The van der Waals surface area contributed by atoms with Gasteiger partial charge in [-0.15, -0.1) is 0 Å². The maximum Gasteiger partial charge on any atom is 0.144 e. The quantitative estimate of drug-likeness (QED) is 0.812. The van der Waals surface area contributed by atoms with Gasteiger partial charge in [-0.1, -0.05) is 0 Å². The van der Waals surface area contributed by atoms with Crippen LogP contribution in [-0.4, -0.2) is 23.1 Å². The molecule has 1 aromatic heterocycles. The predicted octanol–water partition coefficient (Wildman–Crippen LogP) is 2.81. The van der Waals surface area contributed by atoms with Crippen LogP contribution in [0.15, 0.2) is 36.7 Å². The van der Waals surface area contributed by atoms with E-state index >= 15 is 0 Å². The fourth-order valence-corrected chi connectivity index (χ4v) is 1.56. The average Bonchev–Trinajstić information content (AvgIpc) is 2.41. The second kappa shape index (κ2) is 6.68. The zero-order chi connectivity index (χ0) is 13.5. The lowest BCUT2D eigenvalue weighted by Gasteiger charge is -2.07. The Morgan fingerprint density at radius 1 is 1.21 bits per heavy atom. The topological polar surface area (TPSA) is 47.0 Å². The molecule has 1 aromatic carbocycles. The zero-order valence-electron chi connectivity index (χ0n) is 10.8. The molecule has 4 nitrogen and oxygen atoms in total. The van der Waals surface area contributed by atoms with Crippen molar-refractivity contribution in [1.82, 2.24) is 9.97 Å². The predicted molar refractivity (Wildman–Crippen MR) is 71.8 cm³/mol. The number of ether oxygens (including phenoxy) is 1. The number of hydrogen-bond acceptors (Lipinski definition) is 4. The fraction of sp³-hybridized carbons (Fsp3) is 0.286. The normalized spacial score (nSPS) is 10.2. The number of benzene rings is 1. The lowest BCUT2D eigenvalue weighted by atomic mass is 10.3. The molecule has 0 saturated heterocycles. The summed E-state index contributed by atoms with van der Waals surface area (Å²) in [6.07, 6.45) is 4.23. The van der Waals surface area contributed by atoms with Gasteiger partial charge in [0.15, 0.2) is 0 Å². The molecule has 19 heavy (non-hydrogen) atoms. The van der Waals surface area contributed by atoms with E-state index < -0.39 is 0 Å². The minimum atomic E-state index is -0.257. The van der Waals surface area contributed by atoms with Crippen LogP contribution < -0.4 is 10.1 Å². The monoisotopic (exact) mass is 261 g/mol. The first-order valence-electron chi connectivity index (χ1n) is 6.15. The summed E-state index contributed by atoms with van der Waals surface area (Å²) in [5.74, 6) is 1.19. The van der Waals surface area contributed by atoms with Gasteiger partial charge in [0, 0.05) is 12.7 Å². The summed E-state index contributed by atoms with van der Waals surface area (Å²) in [7, 11) is 0. The number of anilines is 1. The minimum Gasteiger partial charge on any atom is -0.494 e. The van der Waals surface area contributed by atoms with Crippen molar-refractivity contribution < 1.29 is 9.13 Å². The Hall–Kier alpha value is -2.17. The van der Waals surface area contributed by atoms with Gasteiger partial charge in [0.05, 0.1) is 18.5 Å². The molecule has 2 aromatic rings. The maximum atomic E-state index is 12.7. The van der Waals surface area contributed by atoms with E-state index in [1.807, 2.05) is 6.92 Å². The van der Waals surface area contributed by atoms with Crippen LogP contribution in [0.3, 0.4) is 0 Å². The van der Waals surface area contributed by atoms with Gasteiger partial charge in [-0.25, -0.2) is 9.37 Å². The summed E-state index contributed by atoms with van der Waals surface area (Å²) in [4.78, 5) is 8.33. The van der Waals surface area contributed by atoms with Gasteiger partial charge in [-0.05, 0) is 37.6 Å². The highest BCUT2D eigenvalue weighted by Gasteiger charge is 1.96. The summed E-state index contributed by atoms with van der Waals surface area (Å²) in [6.45, 7) is 3.22. The van der Waals surface area contributed by atoms with Crippen LogP contribution in [0, 0.1) is 12.7 Å². The molecule has 0 saturated carbocycles. The van der Waals surface area contributed by atoms with E-state index in [0.717, 1.165) is 24.5 Å². The molecule has 0 fully saturated rings. The van der Waals surface area contributed by atoms with Crippen molar-refractivity contribution in [3.63, 3.8) is 0 Å². The summed E-state index contributed by atoms with van der Waals surface area (Å²) in [6, 6.07) is 6.01. The third-order valence-corrected chi connectivity index (χ3v) is 2.46. The molecule has 0 radical (unpaired) electrons. The van der Waals surface area contributed by atoms with Crippen LogP contribution >= 0.6 is 0 Å². The molecular formula is C14H16FN3O. The SMILES string of the molecule is Cc1cncc(NCCCOc2ccc(F)cc2)n1. The second-order valence-electron chi connectivity index (χ2n) is 4.13. The molecular weight excluding hydrogens is 245 g/mol. The highest BCUT2D eigenvalue weighted by molar-refractivity contribution is 5.31. The van der Waals surface area contributed by atoms with Crippen LogP contribution in [0.25, 0.3) is 0 Å². The number of rotatable bonds is 6. The number of hydrogen-bond donors (Lipinski definition) is 1. The van der Waals surface area contributed by atoms with Crippen molar-refractivity contribution in [2.75, 3.05) is 18.5 Å². The Morgan fingerprint density at radius 2 is 2.00 bits per heavy atom. The van der Waals surface area contributed by atoms with E-state index in [9.17, 15) is 4.39 Å². The van der Waals surface area contributed by atoms with Crippen LogP contribution in [-0.2, 0) is 0 Å². The van der Waals surface area contributed by atoms with Crippen LogP contribution in [0.5, 0.6) is 5.75 Å². The third-order valence-electron chi connectivity index (χ3n) is 2.46. The summed E-state index contributed by atoms with van der Waals surface area (Å²) in [5.41, 5.74) is 0.882. The van der Waals surface area contributed by atoms with E-state index in [2.05, 4.69) is 15.3 Å². The Morgan fingerprint density at radius 3 is 2.74 bits per heavy atom. The fourth-order valence-electron chi connectivity index (χ4n) is 1.56. The first kappa shape index (κ1) is 13.3. The van der Waals surface area contributed by atoms with Crippen LogP contribution in [0.4, 0.5) is 10.2 Å². The molecule has 0 atom stereocenters. The average molecular weight is 261 g/mol. The molecule has 0 unspecified atom stereocenters. The Balaban J connectivity index is 1.66. The largest absolute Gasteiger partial charge is 0.494 e. The van der Waals surface area contributed by atoms with E-state index in [0.29, 0.717) is 12.4 Å². The lowest BCUT2D eigenvalue weighted by molar-refractivity contribution is 0.314. The van der Waals surface area contributed by atoms with Gasteiger partial charge in [0.2, 0.25) is 0 Å². The Labute approximate surface area is 111 Å². The van der Waals surface area contributed by atoms with E-state index in [-0.39, 0.29) is 5.82 Å². The van der Waals surface area contributed by atoms with Crippen molar-refractivity contribution in [2.45, 2.75) is 13.3 Å². The first-order chi connectivity index (χ1) is 9.24. The van der Waals surface area contributed by atoms with Crippen molar-refractivity contribution in [2.24, 2.45) is 0 Å². The smallest absolute Gasteiger partial charge is 0.144 e. The minimum absolute atomic E-state index is 0.257. The number of aromatic nitrogens is 2. The summed E-state index contributed by atoms with van der Waals surface area (Å²) >= 11 is 0. The summed E-state index contributed by atoms with van der Waals surface area (Å²) < 4.78 is 18.2. The zero-order valence-corrected chi connectivity index (χ0v) is 10.8.